The molecule has 0 atom stereocenters. The quantitative estimate of drug-likeness (QED) is 0.396. The van der Waals surface area contributed by atoms with Crippen molar-refractivity contribution in [1.29, 1.82) is 0 Å². The average Bonchev–Trinajstić information content (AvgIpc) is 2.61. The smallest absolute Gasteiger partial charge is 0.388 e. The van der Waals surface area contributed by atoms with Crippen LogP contribution in [-0.4, -0.2) is 29.5 Å². The van der Waals surface area contributed by atoms with Gasteiger partial charge in [-0.25, -0.2) is 4.40 Å². The third kappa shape index (κ3) is 1.32. The van der Waals surface area contributed by atoms with Crippen molar-refractivity contribution in [2.45, 2.75) is 0 Å². The van der Waals surface area contributed by atoms with Crippen LogP contribution < -0.4 is 11.5 Å². The van der Waals surface area contributed by atoms with Crippen molar-refractivity contribution < 1.29 is 4.92 Å². The molecule has 0 saturated heterocycles. The van der Waals surface area contributed by atoms with Crippen LogP contribution in [0.15, 0.2) is 6.33 Å². The highest BCUT2D eigenvalue weighted by Crippen LogP contribution is 2.18. The number of thiocarbonyl (C=S) groups is 1. The first kappa shape index (κ1) is 10.2. The number of hydrogen-bond acceptors (Lipinski definition) is 7. The summed E-state index contributed by atoms with van der Waals surface area (Å²) in [6.45, 7) is 0. The standard InChI is InChI=1S/C6H5N7O2S/c7-3-2(4(8)16)10-11-6-5(13(14)15)9-1-12(3)6/h1H,7H2,(H2,8,16). The van der Waals surface area contributed by atoms with E-state index in [9.17, 15) is 10.1 Å². The Morgan fingerprint density at radius 3 is 2.81 bits per heavy atom. The highest BCUT2D eigenvalue weighted by atomic mass is 32.1. The lowest BCUT2D eigenvalue weighted by molar-refractivity contribution is -0.387. The van der Waals surface area contributed by atoms with Gasteiger partial charge in [-0.2, -0.15) is 0 Å². The Bertz CT molecular complexity index is 606. The highest BCUT2D eigenvalue weighted by Gasteiger charge is 2.21. The van der Waals surface area contributed by atoms with E-state index in [1.807, 2.05) is 0 Å². The Labute approximate surface area is 93.2 Å². The number of nitrogen functional groups attached to an aromatic ring is 1. The van der Waals surface area contributed by atoms with Crippen molar-refractivity contribution in [1.82, 2.24) is 19.6 Å². The fraction of sp³-hybridized carbons (Fsp3) is 0. The molecule has 82 valence electrons. The van der Waals surface area contributed by atoms with Crippen molar-refractivity contribution in [2.75, 3.05) is 5.73 Å². The molecule has 0 fully saturated rings. The van der Waals surface area contributed by atoms with Gasteiger partial charge in [0.1, 0.15) is 10.8 Å². The van der Waals surface area contributed by atoms with Gasteiger partial charge in [0, 0.05) is 0 Å². The van der Waals surface area contributed by atoms with Gasteiger partial charge >= 0.3 is 5.82 Å². The van der Waals surface area contributed by atoms with Gasteiger partial charge in [-0.15, -0.1) is 10.2 Å². The van der Waals surface area contributed by atoms with Crippen molar-refractivity contribution >= 4 is 34.5 Å². The van der Waals surface area contributed by atoms with Crippen molar-refractivity contribution in [3.05, 3.63) is 22.1 Å². The number of nitrogens with zero attached hydrogens (tertiary/aromatic N) is 5. The normalized spacial score (nSPS) is 10.5. The van der Waals surface area contributed by atoms with E-state index >= 15 is 0 Å². The van der Waals surface area contributed by atoms with Gasteiger partial charge in [0.25, 0.3) is 5.65 Å². The first-order chi connectivity index (χ1) is 7.52. The summed E-state index contributed by atoms with van der Waals surface area (Å²) in [6.07, 6.45) is 1.17. The van der Waals surface area contributed by atoms with Gasteiger partial charge in [0.05, 0.1) is 0 Å². The minimum Gasteiger partial charge on any atom is -0.388 e. The zero-order chi connectivity index (χ0) is 11.9. The third-order valence-corrected chi connectivity index (χ3v) is 2.07. The minimum absolute atomic E-state index is 0.0387. The third-order valence-electron chi connectivity index (χ3n) is 1.88. The van der Waals surface area contributed by atoms with Crippen LogP contribution in [0.1, 0.15) is 5.69 Å². The number of imidazole rings is 1. The number of fused-ring (bicyclic) bond motifs is 1. The Morgan fingerprint density at radius 1 is 1.56 bits per heavy atom. The Balaban J connectivity index is 2.78. The van der Waals surface area contributed by atoms with E-state index in [2.05, 4.69) is 15.2 Å². The average molecular weight is 239 g/mol. The molecule has 9 nitrogen and oxygen atoms in total. The second kappa shape index (κ2) is 3.34. The van der Waals surface area contributed by atoms with Crippen LogP contribution in [0.5, 0.6) is 0 Å². The van der Waals surface area contributed by atoms with Crippen LogP contribution in [0, 0.1) is 10.1 Å². The Kier molecular flexibility index (Phi) is 2.12. The summed E-state index contributed by atoms with van der Waals surface area (Å²) in [5.41, 5.74) is 11.1. The fourth-order valence-electron chi connectivity index (χ4n) is 1.17. The molecular weight excluding hydrogens is 234 g/mol. The second-order valence-electron chi connectivity index (χ2n) is 2.82. The number of hydrogen-bond donors (Lipinski definition) is 2. The molecule has 2 aromatic heterocycles. The molecule has 0 aromatic carbocycles. The summed E-state index contributed by atoms with van der Waals surface area (Å²) >= 11 is 4.70. The number of aromatic nitrogens is 4. The Hall–Kier alpha value is -2.36. The zero-order valence-corrected chi connectivity index (χ0v) is 8.51. The summed E-state index contributed by atoms with van der Waals surface area (Å²) < 4.78 is 1.21. The van der Waals surface area contributed by atoms with Gasteiger partial charge in [-0.05, 0) is 9.91 Å². The van der Waals surface area contributed by atoms with E-state index in [-0.39, 0.29) is 22.1 Å². The molecule has 0 aliphatic carbocycles. The number of rotatable bonds is 2. The van der Waals surface area contributed by atoms with Gasteiger partial charge < -0.3 is 21.6 Å². The topological polar surface area (TPSA) is 138 Å². The SMILES string of the molecule is NC(=S)c1nnc2c([N+](=O)[O-])ncn2c1N. The van der Waals surface area contributed by atoms with Crippen LogP contribution in [-0.2, 0) is 0 Å². The molecule has 16 heavy (non-hydrogen) atoms. The molecule has 2 heterocycles. The summed E-state index contributed by atoms with van der Waals surface area (Å²) in [4.78, 5) is 13.4. The van der Waals surface area contributed by atoms with Crippen LogP contribution in [0.2, 0.25) is 0 Å². The monoisotopic (exact) mass is 239 g/mol. The van der Waals surface area contributed by atoms with E-state index < -0.39 is 10.7 Å². The lowest BCUT2D eigenvalue weighted by atomic mass is 10.4. The zero-order valence-electron chi connectivity index (χ0n) is 7.69. The predicted octanol–water partition coefficient (Wildman–Crippen LogP) is -0.751. The predicted molar refractivity (Wildman–Crippen MR) is 57.7 cm³/mol. The van der Waals surface area contributed by atoms with Crippen molar-refractivity contribution in [3.63, 3.8) is 0 Å². The molecule has 2 rings (SSSR count). The first-order valence-electron chi connectivity index (χ1n) is 3.95. The minimum atomic E-state index is -0.677. The lowest BCUT2D eigenvalue weighted by Gasteiger charge is -2.02. The highest BCUT2D eigenvalue weighted by molar-refractivity contribution is 7.80. The largest absolute Gasteiger partial charge is 0.411 e. The molecule has 0 aliphatic rings. The number of nitrogens with two attached hydrogens (primary N) is 2. The van der Waals surface area contributed by atoms with Gasteiger partial charge in [-0.1, -0.05) is 12.2 Å². The molecule has 2 aromatic rings. The van der Waals surface area contributed by atoms with E-state index in [1.165, 1.54) is 10.7 Å². The van der Waals surface area contributed by atoms with Crippen LogP contribution >= 0.6 is 12.2 Å². The summed E-state index contributed by atoms with van der Waals surface area (Å²) in [5.74, 6) is -0.355. The summed E-state index contributed by atoms with van der Waals surface area (Å²) in [7, 11) is 0. The summed E-state index contributed by atoms with van der Waals surface area (Å²) in [5, 5.41) is 17.8. The van der Waals surface area contributed by atoms with Gasteiger partial charge in [0.15, 0.2) is 5.69 Å². The molecule has 0 bridgehead atoms. The van der Waals surface area contributed by atoms with Crippen LogP contribution in [0.4, 0.5) is 11.6 Å². The molecule has 0 radical (unpaired) electrons. The van der Waals surface area contributed by atoms with E-state index in [0.717, 1.165) is 0 Å². The number of anilines is 1. The Morgan fingerprint density at radius 2 is 2.25 bits per heavy atom. The van der Waals surface area contributed by atoms with Crippen molar-refractivity contribution in [2.24, 2.45) is 5.73 Å². The first-order valence-corrected chi connectivity index (χ1v) is 4.36. The molecule has 0 unspecified atom stereocenters. The van der Waals surface area contributed by atoms with Gasteiger partial charge in [0.2, 0.25) is 6.33 Å². The van der Waals surface area contributed by atoms with Gasteiger partial charge in [-0.3, -0.25) is 0 Å². The summed E-state index contributed by atoms with van der Waals surface area (Å²) in [6, 6.07) is 0. The number of nitro groups is 1. The maximum Gasteiger partial charge on any atom is 0.411 e. The maximum absolute atomic E-state index is 10.6. The molecule has 10 heteroatoms. The van der Waals surface area contributed by atoms with E-state index in [0.29, 0.717) is 0 Å². The van der Waals surface area contributed by atoms with Crippen LogP contribution in [0.25, 0.3) is 5.65 Å². The molecule has 0 spiro atoms. The second-order valence-corrected chi connectivity index (χ2v) is 3.26. The maximum atomic E-state index is 10.6. The molecule has 0 saturated carbocycles. The molecule has 0 amide bonds. The van der Waals surface area contributed by atoms with E-state index in [4.69, 9.17) is 23.7 Å². The molecule has 4 N–H and O–H groups in total. The lowest BCUT2D eigenvalue weighted by Crippen LogP contribution is -2.17. The van der Waals surface area contributed by atoms with Crippen LogP contribution in [0.3, 0.4) is 0 Å². The van der Waals surface area contributed by atoms with E-state index in [1.54, 1.807) is 0 Å². The molecular formula is C6H5N7O2S. The molecule has 0 aliphatic heterocycles. The van der Waals surface area contributed by atoms with Crippen molar-refractivity contribution in [3.8, 4) is 0 Å². The fourth-order valence-corrected chi connectivity index (χ4v) is 1.31.